The number of unbranched alkanes of at least 4 members (excludes halogenated alkanes) is 1. The number of ether oxygens (including phenoxy) is 2. The highest BCUT2D eigenvalue weighted by molar-refractivity contribution is 6.30. The van der Waals surface area contributed by atoms with Gasteiger partial charge in [0.2, 0.25) is 0 Å². The van der Waals surface area contributed by atoms with Gasteiger partial charge in [0.1, 0.15) is 5.75 Å². The van der Waals surface area contributed by atoms with E-state index in [1.165, 1.54) is 25.7 Å². The van der Waals surface area contributed by atoms with Gasteiger partial charge in [0.25, 0.3) is 0 Å². The molecule has 0 aromatic heterocycles. The topological polar surface area (TPSA) is 18.5 Å². The Bertz CT molecular complexity index is 442. The van der Waals surface area contributed by atoms with Crippen molar-refractivity contribution in [2.75, 3.05) is 20.3 Å². The molecule has 1 aliphatic carbocycles. The van der Waals surface area contributed by atoms with Crippen LogP contribution in [0.2, 0.25) is 5.02 Å². The first-order valence-corrected chi connectivity index (χ1v) is 7.73. The van der Waals surface area contributed by atoms with Gasteiger partial charge in [-0.25, -0.2) is 0 Å². The summed E-state index contributed by atoms with van der Waals surface area (Å²) in [4.78, 5) is 0. The largest absolute Gasteiger partial charge is 0.493 e. The van der Waals surface area contributed by atoms with Gasteiger partial charge in [0.15, 0.2) is 0 Å². The van der Waals surface area contributed by atoms with Crippen LogP contribution in [-0.2, 0) is 4.74 Å². The summed E-state index contributed by atoms with van der Waals surface area (Å²) >= 11 is 5.96. The van der Waals surface area contributed by atoms with Crippen LogP contribution in [0.25, 0.3) is 0 Å². The lowest BCUT2D eigenvalue weighted by Crippen LogP contribution is -2.12. The standard InChI is InChI=1S/C17H23ClO2/c1-19-11-3-2-6-14-7-4-8-15(14)13-20-17-10-5-9-16(18)12-17/h5,7,9-10,12,15H,2-4,6,8,11,13H2,1H3/t15-/m1/s1. The molecule has 2 rings (SSSR count). The highest BCUT2D eigenvalue weighted by atomic mass is 35.5. The Morgan fingerprint density at radius 3 is 3.00 bits per heavy atom. The lowest BCUT2D eigenvalue weighted by molar-refractivity contribution is 0.192. The van der Waals surface area contributed by atoms with Crippen LogP contribution in [0.1, 0.15) is 32.1 Å². The van der Waals surface area contributed by atoms with Gasteiger partial charge in [-0.3, -0.25) is 0 Å². The normalized spacial score (nSPS) is 18.1. The highest BCUT2D eigenvalue weighted by Gasteiger charge is 2.19. The smallest absolute Gasteiger partial charge is 0.120 e. The molecule has 3 heteroatoms. The Balaban J connectivity index is 1.76. The fourth-order valence-corrected chi connectivity index (χ4v) is 2.83. The van der Waals surface area contributed by atoms with Crippen molar-refractivity contribution in [1.82, 2.24) is 0 Å². The molecule has 0 amide bonds. The van der Waals surface area contributed by atoms with E-state index in [0.29, 0.717) is 5.92 Å². The van der Waals surface area contributed by atoms with E-state index < -0.39 is 0 Å². The molecule has 0 N–H and O–H groups in total. The minimum atomic E-state index is 0.566. The first-order chi connectivity index (χ1) is 9.79. The molecule has 1 atom stereocenters. The molecule has 0 saturated heterocycles. The van der Waals surface area contributed by atoms with Crippen LogP contribution in [0.3, 0.4) is 0 Å². The number of hydrogen-bond donors (Lipinski definition) is 0. The van der Waals surface area contributed by atoms with Gasteiger partial charge in [-0.1, -0.05) is 29.3 Å². The van der Waals surface area contributed by atoms with E-state index in [-0.39, 0.29) is 0 Å². The summed E-state index contributed by atoms with van der Waals surface area (Å²) in [5.74, 6) is 1.43. The molecule has 0 radical (unpaired) electrons. The van der Waals surface area contributed by atoms with Crippen molar-refractivity contribution in [3.05, 3.63) is 40.9 Å². The summed E-state index contributed by atoms with van der Waals surface area (Å²) < 4.78 is 11.0. The van der Waals surface area contributed by atoms with Crippen LogP contribution in [-0.4, -0.2) is 20.3 Å². The fraction of sp³-hybridized carbons (Fsp3) is 0.529. The maximum absolute atomic E-state index is 5.96. The summed E-state index contributed by atoms with van der Waals surface area (Å²) in [7, 11) is 1.76. The molecule has 0 spiro atoms. The molecule has 0 fully saturated rings. The first-order valence-electron chi connectivity index (χ1n) is 7.36. The van der Waals surface area contributed by atoms with E-state index in [0.717, 1.165) is 30.4 Å². The molecule has 0 bridgehead atoms. The van der Waals surface area contributed by atoms with Gasteiger partial charge in [0.05, 0.1) is 6.61 Å². The van der Waals surface area contributed by atoms with Crippen molar-refractivity contribution in [2.24, 2.45) is 5.92 Å². The lowest BCUT2D eigenvalue weighted by atomic mass is 9.98. The van der Waals surface area contributed by atoms with Crippen LogP contribution in [0, 0.1) is 5.92 Å². The predicted molar refractivity (Wildman–Crippen MR) is 83.5 cm³/mol. The third-order valence-corrected chi connectivity index (χ3v) is 3.99. The third kappa shape index (κ3) is 4.84. The van der Waals surface area contributed by atoms with E-state index in [4.69, 9.17) is 21.1 Å². The highest BCUT2D eigenvalue weighted by Crippen LogP contribution is 2.30. The van der Waals surface area contributed by atoms with Gasteiger partial charge in [-0.05, 0) is 50.3 Å². The van der Waals surface area contributed by atoms with Crippen LogP contribution >= 0.6 is 11.6 Å². The van der Waals surface area contributed by atoms with Crippen molar-refractivity contribution in [1.29, 1.82) is 0 Å². The average molecular weight is 295 g/mol. The third-order valence-electron chi connectivity index (χ3n) is 3.76. The van der Waals surface area contributed by atoms with E-state index in [2.05, 4.69) is 6.08 Å². The molecule has 110 valence electrons. The Morgan fingerprint density at radius 2 is 2.20 bits per heavy atom. The zero-order chi connectivity index (χ0) is 14.2. The quantitative estimate of drug-likeness (QED) is 0.503. The Morgan fingerprint density at radius 1 is 1.30 bits per heavy atom. The van der Waals surface area contributed by atoms with Crippen LogP contribution in [0.15, 0.2) is 35.9 Å². The summed E-state index contributed by atoms with van der Waals surface area (Å²) in [6.07, 6.45) is 8.29. The summed E-state index contributed by atoms with van der Waals surface area (Å²) in [5.41, 5.74) is 1.56. The Hall–Kier alpha value is -0.990. The van der Waals surface area contributed by atoms with Crippen LogP contribution in [0.5, 0.6) is 5.75 Å². The minimum Gasteiger partial charge on any atom is -0.493 e. The molecule has 0 unspecified atom stereocenters. The molecule has 2 nitrogen and oxygen atoms in total. The first kappa shape index (κ1) is 15.4. The lowest BCUT2D eigenvalue weighted by Gasteiger charge is -2.16. The van der Waals surface area contributed by atoms with Gasteiger partial charge in [0, 0.05) is 24.7 Å². The van der Waals surface area contributed by atoms with Gasteiger partial charge >= 0.3 is 0 Å². The van der Waals surface area contributed by atoms with Crippen molar-refractivity contribution in [3.8, 4) is 5.75 Å². The van der Waals surface area contributed by atoms with Crippen LogP contribution < -0.4 is 4.74 Å². The maximum atomic E-state index is 5.96. The fourth-order valence-electron chi connectivity index (χ4n) is 2.65. The van der Waals surface area contributed by atoms with Crippen molar-refractivity contribution >= 4 is 11.6 Å². The second-order valence-electron chi connectivity index (χ2n) is 5.27. The molecular formula is C17H23ClO2. The van der Waals surface area contributed by atoms with Gasteiger partial charge in [-0.2, -0.15) is 0 Å². The summed E-state index contributed by atoms with van der Waals surface area (Å²) in [6, 6.07) is 7.63. The second kappa shape index (κ2) is 8.33. The summed E-state index contributed by atoms with van der Waals surface area (Å²) in [6.45, 7) is 1.62. The number of halogens is 1. The second-order valence-corrected chi connectivity index (χ2v) is 5.71. The minimum absolute atomic E-state index is 0.566. The summed E-state index contributed by atoms with van der Waals surface area (Å²) in [5, 5.41) is 0.726. The number of hydrogen-bond acceptors (Lipinski definition) is 2. The number of rotatable bonds is 8. The Kier molecular flexibility index (Phi) is 6.41. The number of methoxy groups -OCH3 is 1. The van der Waals surface area contributed by atoms with E-state index >= 15 is 0 Å². The molecule has 1 aromatic rings. The van der Waals surface area contributed by atoms with E-state index in [9.17, 15) is 0 Å². The Labute approximate surface area is 126 Å². The maximum Gasteiger partial charge on any atom is 0.120 e. The molecule has 0 aliphatic heterocycles. The predicted octanol–water partition coefficient (Wildman–Crippen LogP) is 4.87. The SMILES string of the molecule is COCCCCC1=CCC[C@@H]1COc1cccc(Cl)c1. The van der Waals surface area contributed by atoms with Crippen LogP contribution in [0.4, 0.5) is 0 Å². The zero-order valence-corrected chi connectivity index (χ0v) is 12.9. The molecular weight excluding hydrogens is 272 g/mol. The monoisotopic (exact) mass is 294 g/mol. The zero-order valence-electron chi connectivity index (χ0n) is 12.1. The number of allylic oxidation sites excluding steroid dienone is 1. The average Bonchev–Trinajstić information content (AvgIpc) is 2.89. The van der Waals surface area contributed by atoms with Crippen molar-refractivity contribution in [2.45, 2.75) is 32.1 Å². The molecule has 1 aromatic carbocycles. The molecule has 0 saturated carbocycles. The van der Waals surface area contributed by atoms with Gasteiger partial charge < -0.3 is 9.47 Å². The molecule has 0 heterocycles. The van der Waals surface area contributed by atoms with E-state index in [1.807, 2.05) is 24.3 Å². The number of benzene rings is 1. The van der Waals surface area contributed by atoms with Gasteiger partial charge in [-0.15, -0.1) is 0 Å². The van der Waals surface area contributed by atoms with Crippen molar-refractivity contribution < 1.29 is 9.47 Å². The molecule has 20 heavy (non-hydrogen) atoms. The molecule has 1 aliphatic rings. The van der Waals surface area contributed by atoms with Crippen molar-refractivity contribution in [3.63, 3.8) is 0 Å². The van der Waals surface area contributed by atoms with E-state index in [1.54, 1.807) is 12.7 Å².